The van der Waals surface area contributed by atoms with Crippen LogP contribution in [0, 0.1) is 6.92 Å². The van der Waals surface area contributed by atoms with Gasteiger partial charge in [-0.15, -0.1) is 0 Å². The smallest absolute Gasteiger partial charge is 0.264 e. The molecule has 1 fully saturated rings. The predicted molar refractivity (Wildman–Crippen MR) is 165 cm³/mol. The van der Waals surface area contributed by atoms with E-state index in [1.807, 2.05) is 37.3 Å². The summed E-state index contributed by atoms with van der Waals surface area (Å²) in [6.45, 7) is 3.28. The van der Waals surface area contributed by atoms with Crippen LogP contribution in [0.4, 0.5) is 5.69 Å². The van der Waals surface area contributed by atoms with Crippen molar-refractivity contribution < 1.29 is 22.7 Å². The summed E-state index contributed by atoms with van der Waals surface area (Å²) >= 11 is 6.39. The zero-order valence-corrected chi connectivity index (χ0v) is 25.8. The van der Waals surface area contributed by atoms with Crippen LogP contribution in [-0.4, -0.2) is 57.4 Å². The molecule has 0 aromatic heterocycles. The Bertz CT molecular complexity index is 1480. The number of amides is 2. The fraction of sp³-hybridized carbons (Fsp3) is 0.375. The molecule has 42 heavy (non-hydrogen) atoms. The lowest BCUT2D eigenvalue weighted by Gasteiger charge is -2.32. The van der Waals surface area contributed by atoms with Gasteiger partial charge in [0, 0.05) is 12.6 Å². The van der Waals surface area contributed by atoms with E-state index in [1.54, 1.807) is 31.2 Å². The molecule has 1 unspecified atom stereocenters. The van der Waals surface area contributed by atoms with Crippen molar-refractivity contribution >= 4 is 39.1 Å². The van der Waals surface area contributed by atoms with Gasteiger partial charge in [-0.05, 0) is 69.0 Å². The van der Waals surface area contributed by atoms with Gasteiger partial charge >= 0.3 is 0 Å². The Morgan fingerprint density at radius 1 is 1.02 bits per heavy atom. The number of hydrogen-bond acceptors (Lipinski definition) is 5. The largest absolute Gasteiger partial charge is 0.495 e. The van der Waals surface area contributed by atoms with E-state index < -0.39 is 28.5 Å². The molecule has 10 heteroatoms. The standard InChI is InChI=1S/C32H38ClN3O5S/c1-23-13-16-28(17-14-23)42(39,40)36(27-15-18-30(41-3)29(33)21-27)22-31(37)35(20-19-25-9-5-4-6-10-25)24(2)32(38)34-26-11-7-8-12-26/h4-6,9-10,13-18,21,24,26H,7-8,11-12,19-20,22H2,1-3H3,(H,34,38). The molecule has 0 saturated heterocycles. The third-order valence-electron chi connectivity index (χ3n) is 7.66. The van der Waals surface area contributed by atoms with Gasteiger partial charge in [0.25, 0.3) is 10.0 Å². The van der Waals surface area contributed by atoms with Gasteiger partial charge in [-0.2, -0.15) is 0 Å². The second-order valence-corrected chi connectivity index (χ2v) is 12.9. The summed E-state index contributed by atoms with van der Waals surface area (Å²) < 4.78 is 34.3. The Morgan fingerprint density at radius 2 is 1.69 bits per heavy atom. The van der Waals surface area contributed by atoms with Gasteiger partial charge in [0.2, 0.25) is 11.8 Å². The zero-order valence-electron chi connectivity index (χ0n) is 24.3. The van der Waals surface area contributed by atoms with Crippen LogP contribution in [0.2, 0.25) is 5.02 Å². The van der Waals surface area contributed by atoms with E-state index in [2.05, 4.69) is 5.32 Å². The van der Waals surface area contributed by atoms with Gasteiger partial charge < -0.3 is 15.0 Å². The average Bonchev–Trinajstić information content (AvgIpc) is 3.49. The quantitative estimate of drug-likeness (QED) is 0.297. The lowest BCUT2D eigenvalue weighted by atomic mass is 10.1. The highest BCUT2D eigenvalue weighted by Crippen LogP contribution is 2.32. The van der Waals surface area contributed by atoms with Crippen molar-refractivity contribution in [3.8, 4) is 5.75 Å². The number of rotatable bonds is 12. The third kappa shape index (κ3) is 7.63. The van der Waals surface area contributed by atoms with E-state index in [4.69, 9.17) is 16.3 Å². The molecular formula is C32H38ClN3O5S. The molecule has 3 aromatic carbocycles. The molecule has 1 saturated carbocycles. The normalized spacial score (nSPS) is 14.3. The minimum atomic E-state index is -4.18. The summed E-state index contributed by atoms with van der Waals surface area (Å²) in [4.78, 5) is 28.9. The Hall–Kier alpha value is -3.56. The van der Waals surface area contributed by atoms with E-state index in [-0.39, 0.29) is 34.1 Å². The summed E-state index contributed by atoms with van der Waals surface area (Å²) in [5.74, 6) is -0.368. The highest BCUT2D eigenvalue weighted by atomic mass is 35.5. The topological polar surface area (TPSA) is 96.0 Å². The van der Waals surface area contributed by atoms with Crippen LogP contribution >= 0.6 is 11.6 Å². The van der Waals surface area contributed by atoms with Crippen LogP contribution in [0.5, 0.6) is 5.75 Å². The highest BCUT2D eigenvalue weighted by molar-refractivity contribution is 7.92. The maximum Gasteiger partial charge on any atom is 0.264 e. The number of sulfonamides is 1. The number of carbonyl (C=O) groups excluding carboxylic acids is 2. The van der Waals surface area contributed by atoms with Crippen molar-refractivity contribution in [2.75, 3.05) is 24.5 Å². The number of anilines is 1. The number of nitrogens with zero attached hydrogens (tertiary/aromatic N) is 2. The first-order valence-corrected chi connectivity index (χ1v) is 16.0. The van der Waals surface area contributed by atoms with E-state index in [9.17, 15) is 18.0 Å². The molecule has 8 nitrogen and oxygen atoms in total. The van der Waals surface area contributed by atoms with E-state index in [0.717, 1.165) is 41.1 Å². The Labute approximate surface area is 253 Å². The SMILES string of the molecule is COc1ccc(N(CC(=O)N(CCc2ccccc2)C(C)C(=O)NC2CCCC2)S(=O)(=O)c2ccc(C)cc2)cc1Cl. The van der Waals surface area contributed by atoms with Crippen molar-refractivity contribution in [2.45, 2.75) is 62.9 Å². The number of nitrogens with one attached hydrogen (secondary N) is 1. The molecule has 1 aliphatic rings. The molecule has 1 aliphatic carbocycles. The van der Waals surface area contributed by atoms with Gasteiger partial charge in [-0.25, -0.2) is 8.42 Å². The first-order chi connectivity index (χ1) is 20.1. The lowest BCUT2D eigenvalue weighted by molar-refractivity contribution is -0.139. The Morgan fingerprint density at radius 3 is 2.31 bits per heavy atom. The summed E-state index contributed by atoms with van der Waals surface area (Å²) in [7, 11) is -2.72. The summed E-state index contributed by atoms with van der Waals surface area (Å²) in [5, 5.41) is 3.29. The second-order valence-electron chi connectivity index (χ2n) is 10.6. The van der Waals surface area contributed by atoms with Crippen LogP contribution in [-0.2, 0) is 26.0 Å². The van der Waals surface area contributed by atoms with Crippen molar-refractivity contribution in [3.05, 3.63) is 88.9 Å². The minimum Gasteiger partial charge on any atom is -0.495 e. The van der Waals surface area contributed by atoms with Gasteiger partial charge in [0.1, 0.15) is 18.3 Å². The van der Waals surface area contributed by atoms with Crippen LogP contribution in [0.25, 0.3) is 0 Å². The summed E-state index contributed by atoms with van der Waals surface area (Å²) in [6, 6.07) is 20.0. The molecule has 1 N–H and O–H groups in total. The first kappa shape index (κ1) is 31.4. The van der Waals surface area contributed by atoms with E-state index in [1.165, 1.54) is 30.2 Å². The number of methoxy groups -OCH3 is 1. The number of ether oxygens (including phenoxy) is 1. The Kier molecular flexibility index (Phi) is 10.5. The summed E-state index contributed by atoms with van der Waals surface area (Å²) in [6.07, 6.45) is 4.46. The zero-order chi connectivity index (χ0) is 30.3. The fourth-order valence-corrected chi connectivity index (χ4v) is 6.80. The molecule has 0 spiro atoms. The number of hydrogen-bond donors (Lipinski definition) is 1. The molecular weight excluding hydrogens is 574 g/mol. The number of halogens is 1. The van der Waals surface area contributed by atoms with Crippen molar-refractivity contribution in [2.24, 2.45) is 0 Å². The highest BCUT2D eigenvalue weighted by Gasteiger charge is 2.33. The molecule has 0 radical (unpaired) electrons. The fourth-order valence-electron chi connectivity index (χ4n) is 5.14. The molecule has 224 valence electrons. The Balaban J connectivity index is 1.67. The summed E-state index contributed by atoms with van der Waals surface area (Å²) in [5.41, 5.74) is 2.11. The number of benzene rings is 3. The average molecular weight is 612 g/mol. The molecule has 0 heterocycles. The third-order valence-corrected chi connectivity index (χ3v) is 9.75. The molecule has 4 rings (SSSR count). The van der Waals surface area contributed by atoms with Crippen LogP contribution < -0.4 is 14.4 Å². The minimum absolute atomic E-state index is 0.0377. The molecule has 0 aliphatic heterocycles. The maximum atomic E-state index is 14.1. The molecule has 1 atom stereocenters. The van der Waals surface area contributed by atoms with Gasteiger partial charge in [-0.3, -0.25) is 13.9 Å². The van der Waals surface area contributed by atoms with E-state index in [0.29, 0.717) is 12.2 Å². The van der Waals surface area contributed by atoms with Gasteiger partial charge in [0.15, 0.2) is 0 Å². The van der Waals surface area contributed by atoms with Crippen molar-refractivity contribution in [1.82, 2.24) is 10.2 Å². The lowest BCUT2D eigenvalue weighted by Crippen LogP contribution is -2.53. The monoisotopic (exact) mass is 611 g/mol. The first-order valence-electron chi connectivity index (χ1n) is 14.2. The maximum absolute atomic E-state index is 14.1. The molecule has 0 bridgehead atoms. The van der Waals surface area contributed by atoms with Crippen LogP contribution in [0.15, 0.2) is 77.7 Å². The molecule has 2 amide bonds. The van der Waals surface area contributed by atoms with E-state index >= 15 is 0 Å². The van der Waals surface area contributed by atoms with Crippen molar-refractivity contribution in [1.29, 1.82) is 0 Å². The van der Waals surface area contributed by atoms with Crippen LogP contribution in [0.3, 0.4) is 0 Å². The number of carbonyl (C=O) groups is 2. The molecule has 3 aromatic rings. The van der Waals surface area contributed by atoms with Gasteiger partial charge in [-0.1, -0.05) is 72.5 Å². The van der Waals surface area contributed by atoms with Crippen LogP contribution in [0.1, 0.15) is 43.7 Å². The predicted octanol–water partition coefficient (Wildman–Crippen LogP) is 5.37. The second kappa shape index (κ2) is 14.1. The number of aryl methyl sites for hydroxylation is 1. The van der Waals surface area contributed by atoms with Gasteiger partial charge in [0.05, 0.1) is 22.7 Å². The van der Waals surface area contributed by atoms with Crippen molar-refractivity contribution in [3.63, 3.8) is 0 Å².